The zero-order chi connectivity index (χ0) is 20.5. The van der Waals surface area contributed by atoms with Crippen molar-refractivity contribution in [2.24, 2.45) is 0 Å². The summed E-state index contributed by atoms with van der Waals surface area (Å²) in [4.78, 5) is 15.4. The van der Waals surface area contributed by atoms with Crippen LogP contribution in [0.25, 0.3) is 10.8 Å². The summed E-state index contributed by atoms with van der Waals surface area (Å²) in [6.07, 6.45) is 4.21. The minimum atomic E-state index is 0.105. The van der Waals surface area contributed by atoms with Gasteiger partial charge in [0.1, 0.15) is 0 Å². The van der Waals surface area contributed by atoms with Crippen LogP contribution in [0.15, 0.2) is 85.1 Å². The number of hydrogen-bond acceptors (Lipinski definition) is 1. The van der Waals surface area contributed by atoms with Crippen molar-refractivity contribution in [3.05, 3.63) is 107 Å². The molecule has 0 aliphatic heterocycles. The van der Waals surface area contributed by atoms with Gasteiger partial charge in [0, 0.05) is 35.1 Å². The minimum absolute atomic E-state index is 0.105. The van der Waals surface area contributed by atoms with Gasteiger partial charge in [-0.3, -0.25) is 4.79 Å². The molecule has 3 aromatic carbocycles. The Labute approximate surface area is 181 Å². The summed E-state index contributed by atoms with van der Waals surface area (Å²) in [5.41, 5.74) is 2.95. The summed E-state index contributed by atoms with van der Waals surface area (Å²) in [5.74, 6) is 0.105. The quantitative estimate of drug-likeness (QED) is 0.371. The Hall–Kier alpha value is -3.04. The number of hydrogen-bond donors (Lipinski definition) is 0. The van der Waals surface area contributed by atoms with Gasteiger partial charge < -0.3 is 9.47 Å². The Bertz CT molecular complexity index is 1210. The summed E-state index contributed by atoms with van der Waals surface area (Å²) in [7, 11) is 0. The molecule has 0 unspecified atom stereocenters. The predicted molar refractivity (Wildman–Crippen MR) is 122 cm³/mol. The molecule has 4 aromatic rings. The Kier molecular flexibility index (Phi) is 5.06. The molecular formula is C26H23ClN2O. The van der Waals surface area contributed by atoms with E-state index in [0.29, 0.717) is 19.1 Å². The van der Waals surface area contributed by atoms with Crippen LogP contribution in [0.5, 0.6) is 0 Å². The van der Waals surface area contributed by atoms with E-state index in [1.165, 1.54) is 0 Å². The van der Waals surface area contributed by atoms with Crippen LogP contribution >= 0.6 is 11.6 Å². The van der Waals surface area contributed by atoms with E-state index in [0.717, 1.165) is 45.5 Å². The average Bonchev–Trinajstić information content (AvgIpc) is 3.53. The maximum Gasteiger partial charge on any atom is 0.254 e. The monoisotopic (exact) mass is 414 g/mol. The molecule has 4 heteroatoms. The van der Waals surface area contributed by atoms with E-state index in [9.17, 15) is 4.79 Å². The van der Waals surface area contributed by atoms with E-state index in [1.54, 1.807) is 0 Å². The largest absolute Gasteiger partial charge is 0.345 e. The predicted octanol–water partition coefficient (Wildman–Crippen LogP) is 6.15. The third-order valence-corrected chi connectivity index (χ3v) is 6.17. The normalized spacial score (nSPS) is 13.5. The number of carbonyl (C=O) groups is 1. The summed E-state index contributed by atoms with van der Waals surface area (Å²) in [5, 5.41) is 3.02. The fourth-order valence-corrected chi connectivity index (χ4v) is 4.17. The molecule has 1 fully saturated rings. The molecule has 0 saturated heterocycles. The number of benzene rings is 3. The van der Waals surface area contributed by atoms with Crippen LogP contribution in [0.4, 0.5) is 0 Å². The van der Waals surface area contributed by atoms with Gasteiger partial charge in [-0.05, 0) is 59.5 Å². The number of rotatable bonds is 6. The van der Waals surface area contributed by atoms with Gasteiger partial charge in [-0.2, -0.15) is 0 Å². The first-order valence-electron chi connectivity index (χ1n) is 10.4. The zero-order valence-corrected chi connectivity index (χ0v) is 17.4. The highest BCUT2D eigenvalue weighted by atomic mass is 35.5. The van der Waals surface area contributed by atoms with Crippen LogP contribution < -0.4 is 0 Å². The van der Waals surface area contributed by atoms with Crippen LogP contribution in [0.3, 0.4) is 0 Å². The molecule has 0 radical (unpaired) electrons. The molecule has 1 saturated carbocycles. The van der Waals surface area contributed by atoms with Gasteiger partial charge in [-0.25, -0.2) is 0 Å². The maximum absolute atomic E-state index is 13.4. The molecule has 0 bridgehead atoms. The molecule has 0 N–H and O–H groups in total. The smallest absolute Gasteiger partial charge is 0.254 e. The molecule has 0 atom stereocenters. The van der Waals surface area contributed by atoms with E-state index in [1.807, 2.05) is 65.6 Å². The number of amides is 1. The Morgan fingerprint density at radius 2 is 1.70 bits per heavy atom. The number of fused-ring (bicyclic) bond motifs is 1. The van der Waals surface area contributed by atoms with E-state index < -0.39 is 0 Å². The molecule has 3 nitrogen and oxygen atoms in total. The number of nitrogens with zero attached hydrogens (tertiary/aromatic N) is 2. The van der Waals surface area contributed by atoms with Gasteiger partial charge in [0.15, 0.2) is 0 Å². The standard InChI is InChI=1S/C26H23ClN2O/c27-25-10-4-3-8-22(25)17-28-15-5-9-24(28)18-29(23-13-14-23)26(30)21-12-11-19-6-1-2-7-20(19)16-21/h1-12,15-16,23H,13-14,17-18H2. The lowest BCUT2D eigenvalue weighted by molar-refractivity contribution is 0.0726. The average molecular weight is 415 g/mol. The Morgan fingerprint density at radius 1 is 0.933 bits per heavy atom. The number of aromatic nitrogens is 1. The maximum atomic E-state index is 13.4. The summed E-state index contributed by atoms with van der Waals surface area (Å²) in [6, 6.07) is 26.5. The van der Waals surface area contributed by atoms with Crippen LogP contribution in [0.2, 0.25) is 5.02 Å². The van der Waals surface area contributed by atoms with Gasteiger partial charge in [0.2, 0.25) is 0 Å². The second-order valence-corrected chi connectivity index (χ2v) is 8.35. The fraction of sp³-hybridized carbons (Fsp3) is 0.192. The van der Waals surface area contributed by atoms with Crippen molar-refractivity contribution in [2.75, 3.05) is 0 Å². The molecule has 1 amide bonds. The van der Waals surface area contributed by atoms with E-state index in [-0.39, 0.29) is 5.91 Å². The van der Waals surface area contributed by atoms with Crippen LogP contribution in [-0.4, -0.2) is 21.4 Å². The molecule has 5 rings (SSSR count). The highest BCUT2D eigenvalue weighted by Gasteiger charge is 2.33. The topological polar surface area (TPSA) is 25.2 Å². The molecule has 1 aromatic heterocycles. The van der Waals surface area contributed by atoms with Crippen LogP contribution in [-0.2, 0) is 13.1 Å². The van der Waals surface area contributed by atoms with Crippen molar-refractivity contribution in [1.82, 2.24) is 9.47 Å². The molecule has 1 aliphatic rings. The molecule has 30 heavy (non-hydrogen) atoms. The van der Waals surface area contributed by atoms with Crippen LogP contribution in [0.1, 0.15) is 34.5 Å². The van der Waals surface area contributed by atoms with Crippen molar-refractivity contribution in [3.63, 3.8) is 0 Å². The lowest BCUT2D eigenvalue weighted by Gasteiger charge is -2.24. The molecular weight excluding hydrogens is 392 g/mol. The summed E-state index contributed by atoms with van der Waals surface area (Å²) < 4.78 is 2.18. The third kappa shape index (κ3) is 3.86. The van der Waals surface area contributed by atoms with Crippen molar-refractivity contribution < 1.29 is 4.79 Å². The highest BCUT2D eigenvalue weighted by Crippen LogP contribution is 2.31. The number of carbonyl (C=O) groups excluding carboxylic acids is 1. The second kappa shape index (κ2) is 8.00. The minimum Gasteiger partial charge on any atom is -0.345 e. The summed E-state index contributed by atoms with van der Waals surface area (Å²) in [6.45, 7) is 1.30. The van der Waals surface area contributed by atoms with Crippen LogP contribution in [0, 0.1) is 0 Å². The Balaban J connectivity index is 1.40. The van der Waals surface area contributed by atoms with Crippen molar-refractivity contribution in [1.29, 1.82) is 0 Å². The van der Waals surface area contributed by atoms with E-state index in [4.69, 9.17) is 11.6 Å². The van der Waals surface area contributed by atoms with Gasteiger partial charge in [0.05, 0.1) is 6.54 Å². The highest BCUT2D eigenvalue weighted by molar-refractivity contribution is 6.31. The van der Waals surface area contributed by atoms with Gasteiger partial charge in [0.25, 0.3) is 5.91 Å². The Morgan fingerprint density at radius 3 is 2.50 bits per heavy atom. The van der Waals surface area contributed by atoms with E-state index in [2.05, 4.69) is 29.0 Å². The van der Waals surface area contributed by atoms with Crippen molar-refractivity contribution in [3.8, 4) is 0 Å². The van der Waals surface area contributed by atoms with E-state index >= 15 is 0 Å². The third-order valence-electron chi connectivity index (χ3n) is 5.80. The molecule has 0 spiro atoms. The molecule has 1 aliphatic carbocycles. The summed E-state index contributed by atoms with van der Waals surface area (Å²) >= 11 is 6.36. The zero-order valence-electron chi connectivity index (χ0n) is 16.7. The second-order valence-electron chi connectivity index (χ2n) is 7.94. The lowest BCUT2D eigenvalue weighted by atomic mass is 10.1. The van der Waals surface area contributed by atoms with Crippen molar-refractivity contribution >= 4 is 28.3 Å². The first kappa shape index (κ1) is 19.0. The lowest BCUT2D eigenvalue weighted by Crippen LogP contribution is -2.33. The van der Waals surface area contributed by atoms with Gasteiger partial charge in [-0.1, -0.05) is 60.1 Å². The first-order valence-corrected chi connectivity index (χ1v) is 10.7. The SMILES string of the molecule is O=C(c1ccc2ccccc2c1)N(Cc1cccn1Cc1ccccc1Cl)C1CC1. The van der Waals surface area contributed by atoms with Crippen molar-refractivity contribution in [2.45, 2.75) is 32.0 Å². The molecule has 150 valence electrons. The van der Waals surface area contributed by atoms with Gasteiger partial charge in [-0.15, -0.1) is 0 Å². The first-order chi connectivity index (χ1) is 14.7. The van der Waals surface area contributed by atoms with Gasteiger partial charge >= 0.3 is 0 Å². The number of halogens is 1. The molecule has 1 heterocycles. The fourth-order valence-electron chi connectivity index (χ4n) is 3.97.